The van der Waals surface area contributed by atoms with E-state index in [1.54, 1.807) is 0 Å². The molecule has 1 aromatic heterocycles. The number of hydrogen-bond acceptors (Lipinski definition) is 4. The highest BCUT2D eigenvalue weighted by atomic mass is 15.3. The van der Waals surface area contributed by atoms with Crippen LogP contribution in [-0.2, 0) is 0 Å². The van der Waals surface area contributed by atoms with Crippen molar-refractivity contribution in [2.75, 3.05) is 17.6 Å². The van der Waals surface area contributed by atoms with Crippen LogP contribution in [0.3, 0.4) is 0 Å². The fraction of sp³-hybridized carbons (Fsp3) is 0.400. The molecule has 0 aromatic carbocycles. The third-order valence-corrected chi connectivity index (χ3v) is 2.47. The summed E-state index contributed by atoms with van der Waals surface area (Å²) >= 11 is 0. The van der Waals surface area contributed by atoms with Crippen LogP contribution >= 0.6 is 0 Å². The molecule has 1 aliphatic carbocycles. The molecule has 0 unspecified atom stereocenters. The van der Waals surface area contributed by atoms with Crippen LogP contribution in [0, 0.1) is 0 Å². The molecule has 0 spiro atoms. The molecule has 0 saturated heterocycles. The predicted molar refractivity (Wildman–Crippen MR) is 60.4 cm³/mol. The van der Waals surface area contributed by atoms with Gasteiger partial charge >= 0.3 is 0 Å². The molecule has 15 heavy (non-hydrogen) atoms. The van der Waals surface area contributed by atoms with Gasteiger partial charge in [0.1, 0.15) is 0 Å². The molecule has 4 N–H and O–H groups in total. The summed E-state index contributed by atoms with van der Waals surface area (Å²) < 4.78 is 0. The molecule has 5 heteroatoms. The third kappa shape index (κ3) is 2.37. The van der Waals surface area contributed by atoms with Gasteiger partial charge in [-0.2, -0.15) is 4.98 Å². The van der Waals surface area contributed by atoms with Gasteiger partial charge in [0, 0.05) is 6.54 Å². The molecular weight excluding hydrogens is 190 g/mol. The van der Waals surface area contributed by atoms with Gasteiger partial charge in [-0.1, -0.05) is 17.7 Å². The number of allylic oxidation sites excluding steroid dienone is 3. The molecule has 2 rings (SSSR count). The lowest BCUT2D eigenvalue weighted by molar-refractivity contribution is 0.977. The van der Waals surface area contributed by atoms with Crippen molar-refractivity contribution in [3.05, 3.63) is 23.3 Å². The smallest absolute Gasteiger partial charge is 0.243 e. The first-order valence-corrected chi connectivity index (χ1v) is 5.02. The number of aromatic nitrogens is 3. The monoisotopic (exact) mass is 205 g/mol. The van der Waals surface area contributed by atoms with Gasteiger partial charge in [-0.15, -0.1) is 5.10 Å². The van der Waals surface area contributed by atoms with E-state index >= 15 is 0 Å². The molecule has 0 amide bonds. The first-order valence-electron chi connectivity index (χ1n) is 5.02. The summed E-state index contributed by atoms with van der Waals surface area (Å²) in [5, 5.41) is 9.59. The van der Waals surface area contributed by atoms with E-state index in [0.717, 1.165) is 19.4 Å². The number of nitrogen functional groups attached to an aromatic ring is 1. The van der Waals surface area contributed by atoms with Gasteiger partial charge in [0.05, 0.1) is 0 Å². The summed E-state index contributed by atoms with van der Waals surface area (Å²) in [6.45, 7) is 2.99. The van der Waals surface area contributed by atoms with Crippen molar-refractivity contribution in [2.24, 2.45) is 0 Å². The predicted octanol–water partition coefficient (Wildman–Crippen LogP) is 1.47. The van der Waals surface area contributed by atoms with Crippen molar-refractivity contribution in [2.45, 2.75) is 19.8 Å². The Morgan fingerprint density at radius 3 is 3.07 bits per heavy atom. The lowest BCUT2D eigenvalue weighted by atomic mass is 10.1. The van der Waals surface area contributed by atoms with Crippen molar-refractivity contribution >= 4 is 11.9 Å². The summed E-state index contributed by atoms with van der Waals surface area (Å²) in [4.78, 5) is 3.96. The third-order valence-electron chi connectivity index (χ3n) is 2.47. The Bertz CT molecular complexity index is 402. The molecular formula is C10H15N5. The fourth-order valence-corrected chi connectivity index (χ4v) is 1.61. The van der Waals surface area contributed by atoms with Gasteiger partial charge in [0.15, 0.2) is 0 Å². The summed E-state index contributed by atoms with van der Waals surface area (Å²) in [5.41, 5.74) is 8.26. The largest absolute Gasteiger partial charge is 0.368 e. The summed E-state index contributed by atoms with van der Waals surface area (Å²) in [6, 6.07) is 0. The number of rotatable bonds is 4. The Morgan fingerprint density at radius 2 is 2.47 bits per heavy atom. The van der Waals surface area contributed by atoms with Crippen LogP contribution in [0.1, 0.15) is 19.8 Å². The lowest BCUT2D eigenvalue weighted by Crippen LogP contribution is -2.04. The van der Waals surface area contributed by atoms with E-state index in [9.17, 15) is 0 Å². The van der Waals surface area contributed by atoms with Crippen molar-refractivity contribution in [1.82, 2.24) is 15.2 Å². The zero-order valence-corrected chi connectivity index (χ0v) is 8.75. The van der Waals surface area contributed by atoms with Gasteiger partial charge in [-0.05, 0) is 25.3 Å². The molecule has 0 radical (unpaired) electrons. The quantitative estimate of drug-likeness (QED) is 0.695. The maximum absolute atomic E-state index is 5.40. The molecule has 0 saturated carbocycles. The van der Waals surface area contributed by atoms with Crippen molar-refractivity contribution < 1.29 is 0 Å². The topological polar surface area (TPSA) is 79.6 Å². The number of nitrogens with one attached hydrogen (secondary N) is 2. The fourth-order valence-electron chi connectivity index (χ4n) is 1.61. The molecule has 0 fully saturated rings. The Balaban J connectivity index is 1.80. The van der Waals surface area contributed by atoms with Crippen LogP contribution in [0.15, 0.2) is 23.3 Å². The highest BCUT2D eigenvalue weighted by Crippen LogP contribution is 2.20. The van der Waals surface area contributed by atoms with E-state index < -0.39 is 0 Å². The highest BCUT2D eigenvalue weighted by Gasteiger charge is 2.04. The Hall–Kier alpha value is -1.78. The number of hydrogen-bond donors (Lipinski definition) is 3. The first-order chi connectivity index (χ1) is 7.25. The lowest BCUT2D eigenvalue weighted by Gasteiger charge is -2.03. The molecule has 0 aliphatic heterocycles. The standard InChI is InChI=1S/C10H15N5/c1-7-3-2-4-8(7)5-6-12-10-13-9(11)14-15-10/h2,4H,3,5-6H2,1H3,(H4,11,12,13,14,15). The van der Waals surface area contributed by atoms with Gasteiger partial charge < -0.3 is 11.1 Å². The molecule has 0 atom stereocenters. The Kier molecular flexibility index (Phi) is 2.71. The van der Waals surface area contributed by atoms with E-state index in [0.29, 0.717) is 11.9 Å². The zero-order chi connectivity index (χ0) is 10.7. The average molecular weight is 205 g/mol. The summed E-state index contributed by atoms with van der Waals surface area (Å²) in [5.74, 6) is 0.904. The molecule has 1 aromatic rings. The van der Waals surface area contributed by atoms with Crippen molar-refractivity contribution in [3.8, 4) is 0 Å². The zero-order valence-electron chi connectivity index (χ0n) is 8.75. The molecule has 1 heterocycles. The van der Waals surface area contributed by atoms with Crippen LogP contribution in [0.5, 0.6) is 0 Å². The minimum atomic E-state index is 0.341. The van der Waals surface area contributed by atoms with E-state index in [-0.39, 0.29) is 0 Å². The second-order valence-electron chi connectivity index (χ2n) is 3.63. The van der Waals surface area contributed by atoms with Gasteiger partial charge in [-0.25, -0.2) is 5.10 Å². The second-order valence-corrected chi connectivity index (χ2v) is 3.63. The van der Waals surface area contributed by atoms with Gasteiger partial charge in [0.2, 0.25) is 11.9 Å². The Labute approximate surface area is 88.5 Å². The maximum Gasteiger partial charge on any atom is 0.243 e. The van der Waals surface area contributed by atoms with Gasteiger partial charge in [0.25, 0.3) is 0 Å². The van der Waals surface area contributed by atoms with Crippen LogP contribution < -0.4 is 11.1 Å². The molecule has 0 bridgehead atoms. The number of nitrogens with zero attached hydrogens (tertiary/aromatic N) is 2. The summed E-state index contributed by atoms with van der Waals surface area (Å²) in [6.07, 6.45) is 6.46. The number of anilines is 2. The molecule has 80 valence electrons. The summed E-state index contributed by atoms with van der Waals surface area (Å²) in [7, 11) is 0. The van der Waals surface area contributed by atoms with Crippen LogP contribution in [0.25, 0.3) is 0 Å². The van der Waals surface area contributed by atoms with Crippen molar-refractivity contribution in [3.63, 3.8) is 0 Å². The number of nitrogens with two attached hydrogens (primary N) is 1. The van der Waals surface area contributed by atoms with Crippen LogP contribution in [0.4, 0.5) is 11.9 Å². The average Bonchev–Trinajstić information content (AvgIpc) is 2.77. The minimum absolute atomic E-state index is 0.341. The SMILES string of the molecule is CC1=C(CCNc2n[nH]c(N)n2)C=CC1. The van der Waals surface area contributed by atoms with E-state index in [2.05, 4.69) is 39.6 Å². The Morgan fingerprint density at radius 1 is 1.60 bits per heavy atom. The van der Waals surface area contributed by atoms with Crippen LogP contribution in [-0.4, -0.2) is 21.7 Å². The number of H-pyrrole nitrogens is 1. The van der Waals surface area contributed by atoms with Gasteiger partial charge in [-0.3, -0.25) is 0 Å². The van der Waals surface area contributed by atoms with Crippen molar-refractivity contribution in [1.29, 1.82) is 0 Å². The number of aromatic amines is 1. The van der Waals surface area contributed by atoms with E-state index in [1.165, 1.54) is 11.1 Å². The van der Waals surface area contributed by atoms with E-state index in [4.69, 9.17) is 5.73 Å². The van der Waals surface area contributed by atoms with E-state index in [1.807, 2.05) is 0 Å². The molecule has 1 aliphatic rings. The highest BCUT2D eigenvalue weighted by molar-refractivity contribution is 5.34. The molecule has 5 nitrogen and oxygen atoms in total. The first kappa shape index (κ1) is 9.76. The second kappa shape index (κ2) is 4.16. The minimum Gasteiger partial charge on any atom is -0.368 e. The normalized spacial score (nSPS) is 15.0. The maximum atomic E-state index is 5.40. The van der Waals surface area contributed by atoms with Crippen LogP contribution in [0.2, 0.25) is 0 Å².